The van der Waals surface area contributed by atoms with Crippen LogP contribution in [-0.2, 0) is 32.1 Å². The van der Waals surface area contributed by atoms with Crippen LogP contribution in [0, 0.1) is 11.8 Å². The van der Waals surface area contributed by atoms with Gasteiger partial charge >= 0.3 is 0 Å². The standard InChI is InChI=1S/C28H34ClN3O8/c1-4-32(14-5-6-40-11-14)10-13-9-17(33)19-15(21(13)29)7-12-8-16-22(31(2)3)24(35)20(27(30)38)26(37)28(16,39)25(36)18(12)23(19)34/h9,12,14,16,22,33-34,37,39H,4-8,10-11H2,1-3H3,(H2,30,38)/t12-,14?,16-,22-,28-/m0/s1. The molecule has 11 nitrogen and oxygen atoms in total. The van der Waals surface area contributed by atoms with E-state index in [4.69, 9.17) is 22.1 Å². The lowest BCUT2D eigenvalue weighted by molar-refractivity contribution is -0.153. The number of phenolic OH excluding ortho intramolecular Hbond substituents is 1. The number of ketones is 2. The number of aliphatic hydroxyl groups excluding tert-OH is 2. The summed E-state index contributed by atoms with van der Waals surface area (Å²) >= 11 is 6.89. The van der Waals surface area contributed by atoms with Crippen LogP contribution in [0.3, 0.4) is 0 Å². The molecule has 1 aliphatic heterocycles. The van der Waals surface area contributed by atoms with Crippen molar-refractivity contribution in [3.8, 4) is 5.75 Å². The summed E-state index contributed by atoms with van der Waals surface area (Å²) in [4.78, 5) is 42.9. The number of likely N-dealkylation sites (N-methyl/N-ethyl adjacent to an activating group) is 2. The largest absolute Gasteiger partial charge is 0.508 e. The third kappa shape index (κ3) is 4.06. The number of phenols is 1. The summed E-state index contributed by atoms with van der Waals surface area (Å²) < 4.78 is 5.53. The normalized spacial score (nSPS) is 30.2. The van der Waals surface area contributed by atoms with E-state index in [-0.39, 0.29) is 35.8 Å². The minimum atomic E-state index is -2.67. The minimum Gasteiger partial charge on any atom is -0.508 e. The van der Waals surface area contributed by atoms with E-state index in [0.717, 1.165) is 13.0 Å². The number of nitrogens with zero attached hydrogens (tertiary/aromatic N) is 2. The third-order valence-corrected chi connectivity index (χ3v) is 9.40. The number of hydrogen-bond acceptors (Lipinski definition) is 10. The van der Waals surface area contributed by atoms with Crippen LogP contribution in [0.2, 0.25) is 5.02 Å². The van der Waals surface area contributed by atoms with Crippen molar-refractivity contribution in [3.05, 3.63) is 44.7 Å². The average molecular weight is 576 g/mol. The smallest absolute Gasteiger partial charge is 0.255 e. The summed E-state index contributed by atoms with van der Waals surface area (Å²) in [7, 11) is 3.12. The van der Waals surface area contributed by atoms with E-state index in [9.17, 15) is 34.8 Å². The number of hydrogen-bond donors (Lipinski definition) is 5. The maximum Gasteiger partial charge on any atom is 0.255 e. The number of Topliss-reactive ketones (excluding diaryl/α,β-unsaturated/α-hetero) is 2. The van der Waals surface area contributed by atoms with E-state index in [2.05, 4.69) is 4.90 Å². The molecule has 1 aromatic carbocycles. The van der Waals surface area contributed by atoms with Crippen LogP contribution >= 0.6 is 11.6 Å². The number of nitrogens with two attached hydrogens (primary N) is 1. The molecule has 1 amide bonds. The lowest BCUT2D eigenvalue weighted by atomic mass is 9.57. The molecule has 1 saturated heterocycles. The first-order valence-electron chi connectivity index (χ1n) is 13.3. The lowest BCUT2D eigenvalue weighted by Crippen LogP contribution is -2.65. The molecule has 1 heterocycles. The van der Waals surface area contributed by atoms with Crippen LogP contribution in [0.25, 0.3) is 5.76 Å². The van der Waals surface area contributed by atoms with Crippen LogP contribution in [0.15, 0.2) is 23.0 Å². The second-order valence-electron chi connectivity index (χ2n) is 11.3. The third-order valence-electron chi connectivity index (χ3n) is 8.93. The van der Waals surface area contributed by atoms with Crippen molar-refractivity contribution in [3.63, 3.8) is 0 Å². The van der Waals surface area contributed by atoms with Gasteiger partial charge in [0.1, 0.15) is 22.8 Å². The van der Waals surface area contributed by atoms with Gasteiger partial charge in [-0.3, -0.25) is 24.2 Å². The van der Waals surface area contributed by atoms with E-state index in [1.54, 1.807) is 14.1 Å². The number of carbonyl (C=O) groups is 3. The maximum atomic E-state index is 13.9. The molecule has 1 aromatic rings. The van der Waals surface area contributed by atoms with Crippen molar-refractivity contribution in [2.24, 2.45) is 17.6 Å². The molecule has 0 radical (unpaired) electrons. The summed E-state index contributed by atoms with van der Waals surface area (Å²) in [5.41, 5.74) is 2.74. The molecule has 216 valence electrons. The monoisotopic (exact) mass is 575 g/mol. The van der Waals surface area contributed by atoms with Gasteiger partial charge in [0, 0.05) is 35.7 Å². The number of rotatable bonds is 6. The molecule has 4 aliphatic rings. The molecular weight excluding hydrogens is 542 g/mol. The topological polar surface area (TPSA) is 174 Å². The number of carbonyl (C=O) groups excluding carboxylic acids is 3. The lowest BCUT2D eigenvalue weighted by Gasteiger charge is -2.50. The Morgan fingerprint density at radius 1 is 1.25 bits per heavy atom. The van der Waals surface area contributed by atoms with Crippen LogP contribution in [0.5, 0.6) is 5.75 Å². The molecule has 3 aliphatic carbocycles. The molecular formula is C28H34ClN3O8. The van der Waals surface area contributed by atoms with Gasteiger partial charge in [-0.1, -0.05) is 18.5 Å². The number of benzene rings is 1. The van der Waals surface area contributed by atoms with Gasteiger partial charge in [0.15, 0.2) is 11.4 Å². The quantitative estimate of drug-likeness (QED) is 0.310. The van der Waals surface area contributed by atoms with Crippen molar-refractivity contribution in [1.29, 1.82) is 0 Å². The van der Waals surface area contributed by atoms with Crippen LogP contribution < -0.4 is 5.73 Å². The Bertz CT molecular complexity index is 1370. The molecule has 40 heavy (non-hydrogen) atoms. The molecule has 12 heteroatoms. The molecule has 0 spiro atoms. The van der Waals surface area contributed by atoms with Crippen molar-refractivity contribution in [1.82, 2.24) is 9.80 Å². The van der Waals surface area contributed by atoms with Gasteiger partial charge in [-0.05, 0) is 63.0 Å². The van der Waals surface area contributed by atoms with E-state index in [0.29, 0.717) is 35.9 Å². The molecule has 5 atom stereocenters. The fourth-order valence-corrected chi connectivity index (χ4v) is 7.28. The number of primary amides is 1. The van der Waals surface area contributed by atoms with Gasteiger partial charge in [-0.15, -0.1) is 0 Å². The fraction of sp³-hybridized carbons (Fsp3) is 0.536. The Morgan fingerprint density at radius 2 is 1.95 bits per heavy atom. The van der Waals surface area contributed by atoms with E-state index in [1.807, 2.05) is 6.92 Å². The molecule has 1 unspecified atom stereocenters. The molecule has 0 aromatic heterocycles. The highest BCUT2D eigenvalue weighted by molar-refractivity contribution is 6.32. The van der Waals surface area contributed by atoms with Gasteiger partial charge in [0.05, 0.1) is 18.2 Å². The Morgan fingerprint density at radius 3 is 2.52 bits per heavy atom. The summed E-state index contributed by atoms with van der Waals surface area (Å²) in [6, 6.07) is 0.538. The minimum absolute atomic E-state index is 0.00752. The van der Waals surface area contributed by atoms with Gasteiger partial charge in [0.25, 0.3) is 5.91 Å². The number of halogens is 1. The average Bonchev–Trinajstić information content (AvgIpc) is 3.41. The summed E-state index contributed by atoms with van der Waals surface area (Å²) in [5.74, 6) is -6.88. The Kier molecular flexibility index (Phi) is 7.25. The van der Waals surface area contributed by atoms with Crippen LogP contribution in [0.1, 0.15) is 36.5 Å². The predicted octanol–water partition coefficient (Wildman–Crippen LogP) is 1.23. The number of ether oxygens (including phenoxy) is 1. The fourth-order valence-electron chi connectivity index (χ4n) is 6.99. The number of aromatic hydroxyl groups is 1. The summed E-state index contributed by atoms with van der Waals surface area (Å²) in [6.07, 6.45) is 1.04. The second-order valence-corrected chi connectivity index (χ2v) is 11.6. The van der Waals surface area contributed by atoms with Crippen molar-refractivity contribution >= 4 is 34.8 Å². The van der Waals surface area contributed by atoms with Crippen molar-refractivity contribution in [2.75, 3.05) is 33.9 Å². The summed E-state index contributed by atoms with van der Waals surface area (Å²) in [6.45, 7) is 4.49. The molecule has 2 fully saturated rings. The number of fused-ring (bicyclic) bond motifs is 3. The van der Waals surface area contributed by atoms with Crippen LogP contribution in [-0.4, -0.2) is 99.2 Å². The van der Waals surface area contributed by atoms with E-state index >= 15 is 0 Å². The highest BCUT2D eigenvalue weighted by atomic mass is 35.5. The van der Waals surface area contributed by atoms with Gasteiger partial charge in [-0.2, -0.15) is 0 Å². The van der Waals surface area contributed by atoms with Crippen molar-refractivity contribution < 1.29 is 39.5 Å². The highest BCUT2D eigenvalue weighted by Gasteiger charge is 2.64. The maximum absolute atomic E-state index is 13.9. The first-order valence-corrected chi connectivity index (χ1v) is 13.7. The van der Waals surface area contributed by atoms with E-state index in [1.165, 1.54) is 11.0 Å². The van der Waals surface area contributed by atoms with Crippen molar-refractivity contribution in [2.45, 2.75) is 50.4 Å². The number of amides is 1. The molecule has 5 rings (SSSR count). The Hall–Kier alpha value is -2.96. The van der Waals surface area contributed by atoms with Crippen LogP contribution in [0.4, 0.5) is 0 Å². The zero-order valence-corrected chi connectivity index (χ0v) is 23.4. The second kappa shape index (κ2) is 10.1. The zero-order valence-electron chi connectivity index (χ0n) is 22.6. The zero-order chi connectivity index (χ0) is 29.3. The SMILES string of the molecule is CCN(Cc1cc(O)c2c(c1Cl)C[C@H]1C[C@H]3[C@H](N(C)C)C(=O)C(C(N)=O)=C(O)[C@@]3(O)C(=O)C1=C2O)C1CCOC1. The van der Waals surface area contributed by atoms with Gasteiger partial charge in [0.2, 0.25) is 5.78 Å². The first-order chi connectivity index (χ1) is 18.8. The van der Waals surface area contributed by atoms with Gasteiger partial charge < -0.3 is 30.9 Å². The first kappa shape index (κ1) is 28.6. The van der Waals surface area contributed by atoms with E-state index < -0.39 is 58.0 Å². The highest BCUT2D eigenvalue weighted by Crippen LogP contribution is 2.53. The molecule has 1 saturated carbocycles. The summed E-state index contributed by atoms with van der Waals surface area (Å²) in [5, 5.41) is 45.3. The Labute approximate surface area is 236 Å². The van der Waals surface area contributed by atoms with Gasteiger partial charge in [-0.25, -0.2) is 0 Å². The molecule has 0 bridgehead atoms. The number of aliphatic hydroxyl groups is 3. The predicted molar refractivity (Wildman–Crippen MR) is 145 cm³/mol. The Balaban J connectivity index is 1.62. The molecule has 6 N–H and O–H groups in total.